The lowest BCUT2D eigenvalue weighted by molar-refractivity contribution is -0.117. The van der Waals surface area contributed by atoms with Gasteiger partial charge in [0.1, 0.15) is 11.5 Å². The molecule has 1 aliphatic rings. The molecule has 1 aliphatic heterocycles. The zero-order valence-electron chi connectivity index (χ0n) is 16.6. The first-order chi connectivity index (χ1) is 14.5. The van der Waals surface area contributed by atoms with Crippen molar-refractivity contribution in [2.75, 3.05) is 30.8 Å². The van der Waals surface area contributed by atoms with E-state index in [4.69, 9.17) is 9.26 Å². The van der Waals surface area contributed by atoms with Crippen LogP contribution in [0.15, 0.2) is 34.9 Å². The fraction of sp³-hybridized carbons (Fsp3) is 0.300. The van der Waals surface area contributed by atoms with Gasteiger partial charge in [-0.25, -0.2) is 4.98 Å². The van der Waals surface area contributed by atoms with E-state index in [1.165, 1.54) is 11.3 Å². The van der Waals surface area contributed by atoms with Crippen molar-refractivity contribution in [3.8, 4) is 5.75 Å². The highest BCUT2D eigenvalue weighted by Gasteiger charge is 2.23. The molecular formula is C20H21N5O4S. The Hall–Kier alpha value is -3.24. The third-order valence-corrected chi connectivity index (χ3v) is 5.63. The number of hydrogen-bond donors (Lipinski definition) is 2. The summed E-state index contributed by atoms with van der Waals surface area (Å²) in [4.78, 5) is 32.2. The molecule has 156 valence electrons. The fourth-order valence-corrected chi connectivity index (χ4v) is 4.19. The second-order valence-corrected chi connectivity index (χ2v) is 7.99. The third-order valence-electron chi connectivity index (χ3n) is 4.63. The van der Waals surface area contributed by atoms with Crippen LogP contribution in [0.25, 0.3) is 0 Å². The number of carbonyl (C=O) groups is 2. The molecule has 2 aromatic heterocycles. The summed E-state index contributed by atoms with van der Waals surface area (Å²) in [6, 6.07) is 8.79. The fourth-order valence-electron chi connectivity index (χ4n) is 3.15. The Bertz CT molecular complexity index is 1060. The minimum atomic E-state index is -0.353. The predicted molar refractivity (Wildman–Crippen MR) is 112 cm³/mol. The average Bonchev–Trinajstić information content (AvgIpc) is 3.33. The molecule has 0 saturated heterocycles. The number of carbonyl (C=O) groups excluding carboxylic acids is 2. The van der Waals surface area contributed by atoms with Crippen molar-refractivity contribution in [1.29, 1.82) is 0 Å². The van der Waals surface area contributed by atoms with Crippen LogP contribution in [0.2, 0.25) is 0 Å². The van der Waals surface area contributed by atoms with Gasteiger partial charge < -0.3 is 14.6 Å². The van der Waals surface area contributed by atoms with Gasteiger partial charge in [-0.3, -0.25) is 19.8 Å². The molecule has 0 fully saturated rings. The molecule has 0 unspecified atom stereocenters. The molecule has 2 amide bonds. The zero-order valence-corrected chi connectivity index (χ0v) is 17.4. The summed E-state index contributed by atoms with van der Waals surface area (Å²) in [5.74, 6) is 0.877. The van der Waals surface area contributed by atoms with Gasteiger partial charge in [0.05, 0.1) is 19.3 Å². The van der Waals surface area contributed by atoms with Gasteiger partial charge in [-0.1, -0.05) is 5.16 Å². The molecule has 10 heteroatoms. The molecule has 0 spiro atoms. The van der Waals surface area contributed by atoms with Gasteiger partial charge in [0, 0.05) is 36.1 Å². The summed E-state index contributed by atoms with van der Waals surface area (Å²) in [6.45, 7) is 3.35. The van der Waals surface area contributed by atoms with E-state index in [2.05, 4.69) is 25.7 Å². The molecule has 9 nitrogen and oxygen atoms in total. The van der Waals surface area contributed by atoms with Gasteiger partial charge in [0.15, 0.2) is 10.8 Å². The maximum absolute atomic E-state index is 12.4. The normalized spacial score (nSPS) is 13.5. The van der Waals surface area contributed by atoms with Crippen LogP contribution in [0.4, 0.5) is 10.8 Å². The molecule has 0 aliphatic carbocycles. The SMILES string of the molecule is COc1ccc(NC(=O)CN2CCc3nc(NC(=O)c4cc(C)on4)sc3C2)cc1. The van der Waals surface area contributed by atoms with Crippen LogP contribution in [-0.4, -0.2) is 47.1 Å². The predicted octanol–water partition coefficient (Wildman–Crippen LogP) is 2.70. The molecule has 0 bridgehead atoms. The standard InChI is InChI=1S/C20H21N5O4S/c1-12-9-16(24-29-12)19(27)23-20-22-15-7-8-25(10-17(15)30-20)11-18(26)21-13-3-5-14(28-2)6-4-13/h3-6,9H,7-8,10-11H2,1-2H3,(H,21,26)(H,22,23,27). The first-order valence-corrected chi connectivity index (χ1v) is 10.2. The van der Waals surface area contributed by atoms with Crippen molar-refractivity contribution < 1.29 is 18.8 Å². The van der Waals surface area contributed by atoms with Crippen LogP contribution in [0.5, 0.6) is 5.75 Å². The smallest absolute Gasteiger partial charge is 0.279 e. The Morgan fingerprint density at radius 3 is 2.77 bits per heavy atom. The topological polar surface area (TPSA) is 110 Å². The van der Waals surface area contributed by atoms with Crippen molar-refractivity contribution >= 4 is 34.0 Å². The zero-order chi connectivity index (χ0) is 21.1. The first-order valence-electron chi connectivity index (χ1n) is 9.39. The number of thiazole rings is 1. The lowest BCUT2D eigenvalue weighted by Gasteiger charge is -2.25. The molecule has 3 heterocycles. The lowest BCUT2D eigenvalue weighted by atomic mass is 10.2. The number of aromatic nitrogens is 2. The average molecular weight is 427 g/mol. The van der Waals surface area contributed by atoms with Crippen molar-refractivity contribution in [1.82, 2.24) is 15.0 Å². The Morgan fingerprint density at radius 2 is 2.07 bits per heavy atom. The number of benzene rings is 1. The monoisotopic (exact) mass is 427 g/mol. The number of fused-ring (bicyclic) bond motifs is 1. The van der Waals surface area contributed by atoms with Crippen LogP contribution >= 0.6 is 11.3 Å². The van der Waals surface area contributed by atoms with Gasteiger partial charge >= 0.3 is 0 Å². The maximum atomic E-state index is 12.4. The Morgan fingerprint density at radius 1 is 1.27 bits per heavy atom. The number of anilines is 2. The van der Waals surface area contributed by atoms with Crippen LogP contribution < -0.4 is 15.4 Å². The maximum Gasteiger partial charge on any atom is 0.279 e. The molecule has 4 rings (SSSR count). The molecule has 30 heavy (non-hydrogen) atoms. The number of amides is 2. The highest BCUT2D eigenvalue weighted by Crippen LogP contribution is 2.28. The molecule has 2 N–H and O–H groups in total. The molecule has 0 radical (unpaired) electrons. The second-order valence-electron chi connectivity index (χ2n) is 6.90. The van der Waals surface area contributed by atoms with Crippen molar-refractivity contribution in [3.05, 3.63) is 52.4 Å². The molecule has 0 atom stereocenters. The number of rotatable bonds is 6. The van der Waals surface area contributed by atoms with Gasteiger partial charge in [-0.2, -0.15) is 0 Å². The summed E-state index contributed by atoms with van der Waals surface area (Å²) < 4.78 is 10.1. The molecular weight excluding hydrogens is 406 g/mol. The van der Waals surface area contributed by atoms with Crippen LogP contribution in [0.1, 0.15) is 26.8 Å². The largest absolute Gasteiger partial charge is 0.497 e. The van der Waals surface area contributed by atoms with Crippen LogP contribution in [-0.2, 0) is 17.8 Å². The second kappa shape index (κ2) is 8.64. The minimum absolute atomic E-state index is 0.0805. The van der Waals surface area contributed by atoms with Gasteiger partial charge in [0.25, 0.3) is 5.91 Å². The number of ether oxygens (including phenoxy) is 1. The van der Waals surface area contributed by atoms with Crippen molar-refractivity contribution in [3.63, 3.8) is 0 Å². The van der Waals surface area contributed by atoms with E-state index in [0.29, 0.717) is 17.4 Å². The Balaban J connectivity index is 1.33. The highest BCUT2D eigenvalue weighted by molar-refractivity contribution is 7.15. The highest BCUT2D eigenvalue weighted by atomic mass is 32.1. The third kappa shape index (κ3) is 4.66. The Kier molecular flexibility index (Phi) is 5.77. The van der Waals surface area contributed by atoms with Gasteiger partial charge in [0.2, 0.25) is 5.91 Å². The van der Waals surface area contributed by atoms with E-state index < -0.39 is 0 Å². The minimum Gasteiger partial charge on any atom is -0.497 e. The number of aryl methyl sites for hydroxylation is 1. The summed E-state index contributed by atoms with van der Waals surface area (Å²) in [5, 5.41) is 9.90. The molecule has 0 saturated carbocycles. The summed E-state index contributed by atoms with van der Waals surface area (Å²) >= 11 is 1.42. The van der Waals surface area contributed by atoms with Crippen molar-refractivity contribution in [2.45, 2.75) is 19.9 Å². The molecule has 1 aromatic carbocycles. The van der Waals surface area contributed by atoms with E-state index in [-0.39, 0.29) is 24.1 Å². The van der Waals surface area contributed by atoms with Crippen LogP contribution in [0.3, 0.4) is 0 Å². The summed E-state index contributed by atoms with van der Waals surface area (Å²) in [7, 11) is 1.60. The number of nitrogens with one attached hydrogen (secondary N) is 2. The molecule has 3 aromatic rings. The van der Waals surface area contributed by atoms with E-state index in [9.17, 15) is 9.59 Å². The number of nitrogens with zero attached hydrogens (tertiary/aromatic N) is 3. The first kappa shape index (κ1) is 20.0. The van der Waals surface area contributed by atoms with E-state index >= 15 is 0 Å². The van der Waals surface area contributed by atoms with E-state index in [0.717, 1.165) is 35.0 Å². The Labute approximate surface area is 177 Å². The summed E-state index contributed by atoms with van der Waals surface area (Å²) in [5.41, 5.74) is 1.90. The quantitative estimate of drug-likeness (QED) is 0.622. The number of methoxy groups -OCH3 is 1. The lowest BCUT2D eigenvalue weighted by Crippen LogP contribution is -2.36. The van der Waals surface area contributed by atoms with Crippen LogP contribution in [0, 0.1) is 6.92 Å². The summed E-state index contributed by atoms with van der Waals surface area (Å²) in [6.07, 6.45) is 0.723. The van der Waals surface area contributed by atoms with Crippen molar-refractivity contribution in [2.24, 2.45) is 0 Å². The van der Waals surface area contributed by atoms with Gasteiger partial charge in [-0.05, 0) is 31.2 Å². The van der Waals surface area contributed by atoms with Gasteiger partial charge in [-0.15, -0.1) is 11.3 Å². The number of hydrogen-bond acceptors (Lipinski definition) is 8. The van der Waals surface area contributed by atoms with E-state index in [1.54, 1.807) is 44.4 Å². The van der Waals surface area contributed by atoms with E-state index in [1.807, 2.05) is 0 Å².